The van der Waals surface area contributed by atoms with E-state index in [0.717, 1.165) is 26.7 Å². The van der Waals surface area contributed by atoms with Gasteiger partial charge in [0.15, 0.2) is 5.11 Å². The predicted octanol–water partition coefficient (Wildman–Crippen LogP) is 6.53. The molecule has 0 aliphatic heterocycles. The summed E-state index contributed by atoms with van der Waals surface area (Å²) in [6.07, 6.45) is 1.08. The van der Waals surface area contributed by atoms with Crippen LogP contribution >= 0.6 is 44.1 Å². The van der Waals surface area contributed by atoms with Crippen molar-refractivity contribution in [2.75, 3.05) is 10.6 Å². The smallest absolute Gasteiger partial charge is 0.175 e. The van der Waals surface area contributed by atoms with Crippen molar-refractivity contribution >= 4 is 60.6 Å². The molecule has 2 aromatic carbocycles. The van der Waals surface area contributed by atoms with Crippen molar-refractivity contribution in [2.24, 2.45) is 0 Å². The van der Waals surface area contributed by atoms with E-state index >= 15 is 0 Å². The molecule has 116 valence electrons. The Morgan fingerprint density at radius 1 is 1.05 bits per heavy atom. The molecule has 2 N–H and O–H groups in total. The zero-order valence-electron chi connectivity index (χ0n) is 12.5. The highest BCUT2D eigenvalue weighted by atomic mass is 79.9. The Bertz CT molecular complexity index is 656. The van der Waals surface area contributed by atoms with Crippen LogP contribution in [-0.2, 0) is 0 Å². The van der Waals surface area contributed by atoms with E-state index in [9.17, 15) is 0 Å². The van der Waals surface area contributed by atoms with E-state index < -0.39 is 0 Å². The van der Waals surface area contributed by atoms with Gasteiger partial charge in [-0.05, 0) is 72.6 Å². The van der Waals surface area contributed by atoms with Crippen molar-refractivity contribution in [1.29, 1.82) is 0 Å². The number of hydrogen-bond acceptors (Lipinski definition) is 1. The molecule has 22 heavy (non-hydrogen) atoms. The fraction of sp³-hybridized carbons (Fsp3) is 0.235. The van der Waals surface area contributed by atoms with Gasteiger partial charge in [-0.15, -0.1) is 0 Å². The van der Waals surface area contributed by atoms with Crippen molar-refractivity contribution in [3.8, 4) is 0 Å². The van der Waals surface area contributed by atoms with Gasteiger partial charge in [-0.1, -0.05) is 45.7 Å². The van der Waals surface area contributed by atoms with Crippen LogP contribution in [0, 0.1) is 0 Å². The number of nitrogens with one attached hydrogen (secondary N) is 2. The van der Waals surface area contributed by atoms with Crippen LogP contribution in [0.1, 0.15) is 31.7 Å². The summed E-state index contributed by atoms with van der Waals surface area (Å²) in [5.74, 6) is 0.468. The number of rotatable bonds is 4. The van der Waals surface area contributed by atoms with Crippen LogP contribution in [0.3, 0.4) is 0 Å². The third kappa shape index (κ3) is 4.80. The summed E-state index contributed by atoms with van der Waals surface area (Å²) < 4.78 is 2.13. The fourth-order valence-corrected chi connectivity index (χ4v) is 2.96. The number of thiocarbonyl (C=S) groups is 1. The molecule has 0 aliphatic rings. The molecule has 0 aliphatic carbocycles. The van der Waals surface area contributed by atoms with Gasteiger partial charge in [-0.2, -0.15) is 0 Å². The van der Waals surface area contributed by atoms with Gasteiger partial charge in [-0.25, -0.2) is 0 Å². The SMILES string of the molecule is CCC(C)c1cc(Br)ccc1NC(=S)Nc1ccc(Br)cc1. The lowest BCUT2D eigenvalue weighted by molar-refractivity contribution is 0.735. The van der Waals surface area contributed by atoms with Crippen molar-refractivity contribution in [3.05, 3.63) is 57.0 Å². The molecular formula is C17H18Br2N2S. The first-order valence-electron chi connectivity index (χ1n) is 7.12. The number of anilines is 2. The maximum absolute atomic E-state index is 5.42. The molecule has 1 atom stereocenters. The molecule has 0 saturated heterocycles. The maximum atomic E-state index is 5.42. The minimum atomic E-state index is 0.468. The summed E-state index contributed by atoms with van der Waals surface area (Å²) in [6.45, 7) is 4.41. The summed E-state index contributed by atoms with van der Waals surface area (Å²) in [6, 6.07) is 14.2. The molecule has 1 unspecified atom stereocenters. The van der Waals surface area contributed by atoms with Crippen molar-refractivity contribution in [3.63, 3.8) is 0 Å². The second-order valence-corrected chi connectivity index (χ2v) is 7.37. The highest BCUT2D eigenvalue weighted by Crippen LogP contribution is 2.30. The van der Waals surface area contributed by atoms with E-state index in [1.165, 1.54) is 5.56 Å². The fourth-order valence-electron chi connectivity index (χ4n) is 2.09. The standard InChI is InChI=1S/C17H18Br2N2S/c1-3-11(2)15-10-13(19)6-9-16(15)21-17(22)20-14-7-4-12(18)5-8-14/h4-11H,3H2,1-2H3,(H2,20,21,22). The third-order valence-corrected chi connectivity index (χ3v) is 4.73. The van der Waals surface area contributed by atoms with Gasteiger partial charge in [-0.3, -0.25) is 0 Å². The van der Waals surface area contributed by atoms with E-state index in [4.69, 9.17) is 12.2 Å². The van der Waals surface area contributed by atoms with Gasteiger partial charge >= 0.3 is 0 Å². The minimum absolute atomic E-state index is 0.468. The first kappa shape index (κ1) is 17.4. The van der Waals surface area contributed by atoms with E-state index in [2.05, 4.69) is 68.5 Å². The average molecular weight is 442 g/mol. The van der Waals surface area contributed by atoms with Crippen LogP contribution in [-0.4, -0.2) is 5.11 Å². The molecule has 5 heteroatoms. The molecule has 0 saturated carbocycles. The quantitative estimate of drug-likeness (QED) is 0.527. The second kappa shape index (κ2) is 8.09. The van der Waals surface area contributed by atoms with Crippen LogP contribution in [0.5, 0.6) is 0 Å². The molecule has 0 spiro atoms. The monoisotopic (exact) mass is 440 g/mol. The number of hydrogen-bond donors (Lipinski definition) is 2. The number of benzene rings is 2. The summed E-state index contributed by atoms with van der Waals surface area (Å²) in [5, 5.41) is 7.10. The van der Waals surface area contributed by atoms with Crippen LogP contribution < -0.4 is 10.6 Å². The van der Waals surface area contributed by atoms with Gasteiger partial charge in [0.2, 0.25) is 0 Å². The van der Waals surface area contributed by atoms with Crippen LogP contribution in [0.2, 0.25) is 0 Å². The molecular weight excluding hydrogens is 424 g/mol. The summed E-state index contributed by atoms with van der Waals surface area (Å²) >= 11 is 12.4. The lowest BCUT2D eigenvalue weighted by atomic mass is 9.97. The Balaban J connectivity index is 2.12. The van der Waals surface area contributed by atoms with Crippen LogP contribution in [0.4, 0.5) is 11.4 Å². The lowest BCUT2D eigenvalue weighted by Gasteiger charge is -2.18. The van der Waals surface area contributed by atoms with E-state index in [0.29, 0.717) is 11.0 Å². The summed E-state index contributed by atoms with van der Waals surface area (Å²) in [7, 11) is 0. The van der Waals surface area contributed by atoms with E-state index in [1.807, 2.05) is 30.3 Å². The van der Waals surface area contributed by atoms with E-state index in [1.54, 1.807) is 0 Å². The molecule has 0 amide bonds. The predicted molar refractivity (Wildman–Crippen MR) is 107 cm³/mol. The Labute approximate surface area is 154 Å². The molecule has 0 radical (unpaired) electrons. The van der Waals surface area contributed by atoms with E-state index in [-0.39, 0.29) is 0 Å². The van der Waals surface area contributed by atoms with Crippen molar-refractivity contribution < 1.29 is 0 Å². The van der Waals surface area contributed by atoms with Gasteiger partial charge in [0.1, 0.15) is 0 Å². The highest BCUT2D eigenvalue weighted by Gasteiger charge is 2.11. The zero-order valence-corrected chi connectivity index (χ0v) is 16.5. The topological polar surface area (TPSA) is 24.1 Å². The average Bonchev–Trinajstić information content (AvgIpc) is 2.50. The first-order valence-corrected chi connectivity index (χ1v) is 9.12. The molecule has 2 rings (SSSR count). The Hall–Kier alpha value is -0.910. The Morgan fingerprint density at radius 2 is 1.68 bits per heavy atom. The number of halogens is 2. The second-order valence-electron chi connectivity index (χ2n) is 5.13. The summed E-state index contributed by atoms with van der Waals surface area (Å²) in [4.78, 5) is 0. The molecule has 0 fully saturated rings. The Kier molecular flexibility index (Phi) is 6.41. The third-order valence-electron chi connectivity index (χ3n) is 3.51. The minimum Gasteiger partial charge on any atom is -0.332 e. The molecule has 0 bridgehead atoms. The zero-order chi connectivity index (χ0) is 16.1. The largest absolute Gasteiger partial charge is 0.332 e. The first-order chi connectivity index (χ1) is 10.5. The molecule has 2 aromatic rings. The van der Waals surface area contributed by atoms with Gasteiger partial charge in [0.25, 0.3) is 0 Å². The molecule has 2 nitrogen and oxygen atoms in total. The van der Waals surface area contributed by atoms with Crippen molar-refractivity contribution in [2.45, 2.75) is 26.2 Å². The van der Waals surface area contributed by atoms with Crippen LogP contribution in [0.25, 0.3) is 0 Å². The van der Waals surface area contributed by atoms with Gasteiger partial charge in [0, 0.05) is 20.3 Å². The molecule has 0 heterocycles. The van der Waals surface area contributed by atoms with Gasteiger partial charge < -0.3 is 10.6 Å². The maximum Gasteiger partial charge on any atom is 0.175 e. The molecule has 0 aromatic heterocycles. The van der Waals surface area contributed by atoms with Crippen LogP contribution in [0.15, 0.2) is 51.4 Å². The van der Waals surface area contributed by atoms with Gasteiger partial charge in [0.05, 0.1) is 0 Å². The Morgan fingerprint density at radius 3 is 2.32 bits per heavy atom. The van der Waals surface area contributed by atoms with Crippen molar-refractivity contribution in [1.82, 2.24) is 0 Å². The lowest BCUT2D eigenvalue weighted by Crippen LogP contribution is -2.20. The highest BCUT2D eigenvalue weighted by molar-refractivity contribution is 9.10. The summed E-state index contributed by atoms with van der Waals surface area (Å²) in [5.41, 5.74) is 3.27. The normalized spacial score (nSPS) is 11.8.